The number of amides is 2. The molecule has 3 atom stereocenters. The van der Waals surface area contributed by atoms with Crippen molar-refractivity contribution in [3.05, 3.63) is 12.2 Å². The molecule has 122 valence electrons. The Morgan fingerprint density at radius 2 is 2.09 bits per heavy atom. The van der Waals surface area contributed by atoms with Gasteiger partial charge in [-0.15, -0.1) is 0 Å². The van der Waals surface area contributed by atoms with E-state index in [0.29, 0.717) is 6.42 Å². The number of ketones is 1. The number of nitrogens with zero attached hydrogens (tertiary/aromatic N) is 1. The molecular weight excluding hydrogens is 282 g/mol. The molecule has 0 aromatic heterocycles. The third-order valence-electron chi connectivity index (χ3n) is 3.49. The van der Waals surface area contributed by atoms with Gasteiger partial charge < -0.3 is 10.6 Å². The normalized spacial score (nSPS) is 22.0. The molecule has 1 aliphatic rings. The lowest BCUT2D eigenvalue weighted by Gasteiger charge is -2.19. The van der Waals surface area contributed by atoms with Crippen LogP contribution in [0, 0.1) is 0 Å². The van der Waals surface area contributed by atoms with Crippen molar-refractivity contribution in [1.29, 1.82) is 0 Å². The number of aliphatic imine (C=N–C) groups is 1. The minimum atomic E-state index is -0.704. The van der Waals surface area contributed by atoms with Gasteiger partial charge in [0.25, 0.3) is 0 Å². The monoisotopic (exact) mass is 307 g/mol. The Balaban J connectivity index is 2.46. The molecule has 1 heterocycles. The molecule has 6 heteroatoms. The maximum atomic E-state index is 12.1. The summed E-state index contributed by atoms with van der Waals surface area (Å²) in [7, 11) is 0. The first-order valence-electron chi connectivity index (χ1n) is 7.79. The number of nitrogens with one attached hydrogen (secondary N) is 2. The van der Waals surface area contributed by atoms with Crippen LogP contribution < -0.4 is 10.6 Å². The molecule has 2 unspecified atom stereocenters. The molecule has 2 amide bonds. The predicted molar refractivity (Wildman–Crippen MR) is 85.8 cm³/mol. The SMILES string of the molecule is CCCCCC(=O)N[C@@H](C)C(=O)NC1C=CC=NC(C)C1=O. The van der Waals surface area contributed by atoms with Gasteiger partial charge in [0.05, 0.1) is 0 Å². The van der Waals surface area contributed by atoms with E-state index < -0.39 is 18.1 Å². The van der Waals surface area contributed by atoms with Crippen molar-refractivity contribution >= 4 is 23.8 Å². The number of carbonyl (C=O) groups excluding carboxylic acids is 3. The van der Waals surface area contributed by atoms with E-state index in [4.69, 9.17) is 0 Å². The highest BCUT2D eigenvalue weighted by Crippen LogP contribution is 2.03. The number of unbranched alkanes of at least 4 members (excludes halogenated alkanes) is 2. The summed E-state index contributed by atoms with van der Waals surface area (Å²) in [6.45, 7) is 5.36. The number of rotatable bonds is 7. The van der Waals surface area contributed by atoms with E-state index in [1.165, 1.54) is 0 Å². The third kappa shape index (κ3) is 5.79. The summed E-state index contributed by atoms with van der Waals surface area (Å²) in [6, 6.07) is -1.86. The van der Waals surface area contributed by atoms with Gasteiger partial charge in [-0.05, 0) is 26.3 Å². The standard InChI is InChI=1S/C16H25N3O3/c1-4-5-6-9-14(20)18-12(3)16(22)19-13-8-7-10-17-11(2)15(13)21/h7-8,10-13H,4-6,9H2,1-3H3,(H,18,20)(H,19,22)/t11?,12-,13?/m0/s1. The maximum Gasteiger partial charge on any atom is 0.243 e. The Labute approximate surface area is 131 Å². The summed E-state index contributed by atoms with van der Waals surface area (Å²) in [4.78, 5) is 39.8. The highest BCUT2D eigenvalue weighted by molar-refractivity contribution is 5.98. The minimum Gasteiger partial charge on any atom is -0.345 e. The fourth-order valence-corrected chi connectivity index (χ4v) is 2.08. The van der Waals surface area contributed by atoms with Crippen LogP contribution in [0.4, 0.5) is 0 Å². The van der Waals surface area contributed by atoms with Crippen molar-refractivity contribution in [2.75, 3.05) is 0 Å². The number of carbonyl (C=O) groups is 3. The van der Waals surface area contributed by atoms with E-state index in [0.717, 1.165) is 19.3 Å². The quantitative estimate of drug-likeness (QED) is 0.692. The maximum absolute atomic E-state index is 12.1. The molecule has 0 bridgehead atoms. The van der Waals surface area contributed by atoms with Crippen LogP contribution in [0.2, 0.25) is 0 Å². The van der Waals surface area contributed by atoms with E-state index in [9.17, 15) is 14.4 Å². The fraction of sp³-hybridized carbons (Fsp3) is 0.625. The average Bonchev–Trinajstić information content (AvgIpc) is 2.63. The summed E-state index contributed by atoms with van der Waals surface area (Å²) >= 11 is 0. The predicted octanol–water partition coefficient (Wildman–Crippen LogP) is 1.15. The van der Waals surface area contributed by atoms with Crippen molar-refractivity contribution in [3.63, 3.8) is 0 Å². The minimum absolute atomic E-state index is 0.143. The molecule has 0 aliphatic carbocycles. The van der Waals surface area contributed by atoms with E-state index in [1.807, 2.05) is 0 Å². The molecule has 22 heavy (non-hydrogen) atoms. The molecule has 0 aromatic carbocycles. The highest BCUT2D eigenvalue weighted by atomic mass is 16.2. The fourth-order valence-electron chi connectivity index (χ4n) is 2.08. The molecule has 0 saturated carbocycles. The molecule has 1 aliphatic heterocycles. The van der Waals surface area contributed by atoms with Crippen LogP contribution in [0.25, 0.3) is 0 Å². The van der Waals surface area contributed by atoms with Crippen LogP contribution in [0.5, 0.6) is 0 Å². The topological polar surface area (TPSA) is 87.6 Å². The molecule has 0 radical (unpaired) electrons. The molecule has 0 fully saturated rings. The Kier molecular flexibility index (Phi) is 7.49. The molecular formula is C16H25N3O3. The molecule has 2 N–H and O–H groups in total. The van der Waals surface area contributed by atoms with Crippen molar-refractivity contribution in [1.82, 2.24) is 10.6 Å². The second-order valence-electron chi connectivity index (χ2n) is 5.49. The Hall–Kier alpha value is -1.98. The average molecular weight is 307 g/mol. The van der Waals surface area contributed by atoms with E-state index in [1.54, 1.807) is 32.2 Å². The Bertz CT molecular complexity index is 471. The summed E-state index contributed by atoms with van der Waals surface area (Å²) in [5.41, 5.74) is 0. The van der Waals surface area contributed by atoms with Gasteiger partial charge in [-0.3, -0.25) is 19.4 Å². The second-order valence-corrected chi connectivity index (χ2v) is 5.49. The van der Waals surface area contributed by atoms with E-state index in [2.05, 4.69) is 22.5 Å². The van der Waals surface area contributed by atoms with E-state index >= 15 is 0 Å². The lowest BCUT2D eigenvalue weighted by Crippen LogP contribution is -2.50. The number of hydrogen-bond donors (Lipinski definition) is 2. The highest BCUT2D eigenvalue weighted by Gasteiger charge is 2.26. The van der Waals surface area contributed by atoms with Gasteiger partial charge in [0.1, 0.15) is 18.1 Å². The number of allylic oxidation sites excluding steroid dienone is 1. The lowest BCUT2D eigenvalue weighted by atomic mass is 10.1. The molecule has 6 nitrogen and oxygen atoms in total. The smallest absolute Gasteiger partial charge is 0.243 e. The second kappa shape index (κ2) is 9.12. The van der Waals surface area contributed by atoms with Gasteiger partial charge >= 0.3 is 0 Å². The van der Waals surface area contributed by atoms with Gasteiger partial charge in [-0.1, -0.05) is 25.8 Å². The van der Waals surface area contributed by atoms with Crippen LogP contribution in [0.1, 0.15) is 46.5 Å². The number of hydrogen-bond acceptors (Lipinski definition) is 4. The van der Waals surface area contributed by atoms with Crippen molar-refractivity contribution in [3.8, 4) is 0 Å². The third-order valence-corrected chi connectivity index (χ3v) is 3.49. The molecule has 0 aromatic rings. The summed E-state index contributed by atoms with van der Waals surface area (Å²) in [5.74, 6) is -0.684. The molecule has 0 saturated heterocycles. The van der Waals surface area contributed by atoms with Crippen LogP contribution in [-0.4, -0.2) is 41.9 Å². The Morgan fingerprint density at radius 3 is 2.77 bits per heavy atom. The molecule has 1 rings (SSSR count). The van der Waals surface area contributed by atoms with Crippen molar-refractivity contribution < 1.29 is 14.4 Å². The van der Waals surface area contributed by atoms with Gasteiger partial charge in [0.15, 0.2) is 5.78 Å². The zero-order chi connectivity index (χ0) is 16.5. The van der Waals surface area contributed by atoms with E-state index in [-0.39, 0.29) is 17.6 Å². The Morgan fingerprint density at radius 1 is 1.36 bits per heavy atom. The lowest BCUT2D eigenvalue weighted by molar-refractivity contribution is -0.130. The zero-order valence-corrected chi connectivity index (χ0v) is 13.5. The first-order valence-corrected chi connectivity index (χ1v) is 7.79. The van der Waals surface area contributed by atoms with Gasteiger partial charge in [0, 0.05) is 12.6 Å². The van der Waals surface area contributed by atoms with Crippen molar-refractivity contribution in [2.24, 2.45) is 4.99 Å². The van der Waals surface area contributed by atoms with Gasteiger partial charge in [0.2, 0.25) is 11.8 Å². The first-order chi connectivity index (χ1) is 10.5. The van der Waals surface area contributed by atoms with Crippen LogP contribution in [-0.2, 0) is 14.4 Å². The zero-order valence-electron chi connectivity index (χ0n) is 13.5. The first kappa shape index (κ1) is 18.1. The van der Waals surface area contributed by atoms with Crippen molar-refractivity contribution in [2.45, 2.75) is 64.6 Å². The van der Waals surface area contributed by atoms with Gasteiger partial charge in [-0.25, -0.2) is 0 Å². The molecule has 0 spiro atoms. The summed E-state index contributed by atoms with van der Waals surface area (Å²) in [5, 5.41) is 5.29. The summed E-state index contributed by atoms with van der Waals surface area (Å²) in [6.07, 6.45) is 8.05. The van der Waals surface area contributed by atoms with Crippen LogP contribution in [0.3, 0.4) is 0 Å². The largest absolute Gasteiger partial charge is 0.345 e. The van der Waals surface area contributed by atoms with Gasteiger partial charge in [-0.2, -0.15) is 0 Å². The number of Topliss-reactive ketones (excluding diaryl/α,β-unsaturated/α-hetero) is 1. The van der Waals surface area contributed by atoms with Crippen LogP contribution >= 0.6 is 0 Å². The van der Waals surface area contributed by atoms with Crippen LogP contribution in [0.15, 0.2) is 17.1 Å². The summed E-state index contributed by atoms with van der Waals surface area (Å²) < 4.78 is 0.